The van der Waals surface area contributed by atoms with Gasteiger partial charge in [0.15, 0.2) is 11.0 Å². The van der Waals surface area contributed by atoms with Crippen molar-refractivity contribution < 1.29 is 9.72 Å². The lowest BCUT2D eigenvalue weighted by Crippen LogP contribution is -2.19. The summed E-state index contributed by atoms with van der Waals surface area (Å²) in [6.45, 7) is 0. The van der Waals surface area contributed by atoms with Gasteiger partial charge in [-0.1, -0.05) is 51.2 Å². The molecule has 12 heteroatoms. The van der Waals surface area contributed by atoms with Crippen LogP contribution in [0, 0.1) is 10.1 Å². The van der Waals surface area contributed by atoms with E-state index >= 15 is 0 Å². The van der Waals surface area contributed by atoms with E-state index in [2.05, 4.69) is 36.7 Å². The number of nitro groups is 1. The molecule has 3 aromatic rings. The molecule has 1 N–H and O–H groups in total. The number of aromatic nitrogens is 3. The first-order valence-corrected chi connectivity index (χ1v) is 10.4. The van der Waals surface area contributed by atoms with Crippen LogP contribution in [0.5, 0.6) is 0 Å². The second-order valence-corrected chi connectivity index (χ2v) is 8.34. The maximum atomic E-state index is 11.9. The number of benzene rings is 1. The van der Waals surface area contributed by atoms with Crippen LogP contribution < -0.4 is 5.43 Å². The SMILES string of the molecule is Cn1c(SCC(=O)N/N=C\c2ccc([N+](=O)[O-])s2)nnc1-c1ccc(Br)cc1. The third kappa shape index (κ3) is 5.03. The molecule has 2 aromatic heterocycles. The van der Waals surface area contributed by atoms with E-state index in [1.165, 1.54) is 24.0 Å². The number of amides is 1. The quantitative estimate of drug-likeness (QED) is 0.239. The van der Waals surface area contributed by atoms with Crippen molar-refractivity contribution in [3.05, 3.63) is 55.9 Å². The van der Waals surface area contributed by atoms with Crippen molar-refractivity contribution in [3.63, 3.8) is 0 Å². The smallest absolute Gasteiger partial charge is 0.305 e. The number of hydrogen-bond acceptors (Lipinski definition) is 8. The molecule has 2 heterocycles. The summed E-state index contributed by atoms with van der Waals surface area (Å²) in [7, 11) is 1.83. The van der Waals surface area contributed by atoms with Crippen molar-refractivity contribution in [2.24, 2.45) is 12.1 Å². The summed E-state index contributed by atoms with van der Waals surface area (Å²) in [6.07, 6.45) is 1.37. The predicted molar refractivity (Wildman–Crippen MR) is 112 cm³/mol. The van der Waals surface area contributed by atoms with E-state index in [-0.39, 0.29) is 16.7 Å². The van der Waals surface area contributed by atoms with Gasteiger partial charge in [0.1, 0.15) is 0 Å². The fraction of sp³-hybridized carbons (Fsp3) is 0.125. The van der Waals surface area contributed by atoms with Crippen molar-refractivity contribution in [1.82, 2.24) is 20.2 Å². The normalized spacial score (nSPS) is 11.1. The minimum Gasteiger partial charge on any atom is -0.305 e. The third-order valence-corrected chi connectivity index (χ3v) is 5.96. The molecule has 144 valence electrons. The van der Waals surface area contributed by atoms with Crippen molar-refractivity contribution in [1.29, 1.82) is 0 Å². The molecular weight excluding hydrogens is 468 g/mol. The zero-order chi connectivity index (χ0) is 20.1. The molecule has 0 aliphatic carbocycles. The van der Waals surface area contributed by atoms with Gasteiger partial charge < -0.3 is 4.57 Å². The average molecular weight is 481 g/mol. The molecule has 0 saturated carbocycles. The molecule has 0 aliphatic rings. The fourth-order valence-corrected chi connectivity index (χ4v) is 3.79. The molecular formula is C16H13BrN6O3S2. The molecule has 3 rings (SSSR count). The molecule has 9 nitrogen and oxygen atoms in total. The van der Waals surface area contributed by atoms with Crippen LogP contribution in [-0.2, 0) is 11.8 Å². The molecule has 0 atom stereocenters. The van der Waals surface area contributed by atoms with Gasteiger partial charge in [-0.25, -0.2) is 5.43 Å². The number of carbonyl (C=O) groups excluding carboxylic acids is 1. The van der Waals surface area contributed by atoms with E-state index in [1.54, 1.807) is 6.07 Å². The van der Waals surface area contributed by atoms with E-state index in [0.717, 1.165) is 21.4 Å². The minimum atomic E-state index is -0.472. The van der Waals surface area contributed by atoms with Gasteiger partial charge in [-0.2, -0.15) is 5.10 Å². The highest BCUT2D eigenvalue weighted by Crippen LogP contribution is 2.24. The number of carbonyl (C=O) groups is 1. The second kappa shape index (κ2) is 9.08. The Morgan fingerprint density at radius 2 is 2.11 bits per heavy atom. The largest absolute Gasteiger partial charge is 0.324 e. The molecule has 0 spiro atoms. The van der Waals surface area contributed by atoms with Gasteiger partial charge in [0.05, 0.1) is 21.8 Å². The number of halogens is 1. The Morgan fingerprint density at radius 1 is 1.36 bits per heavy atom. The highest BCUT2D eigenvalue weighted by atomic mass is 79.9. The van der Waals surface area contributed by atoms with Gasteiger partial charge in [-0.15, -0.1) is 10.2 Å². The predicted octanol–water partition coefficient (Wildman–Crippen LogP) is 3.46. The molecule has 0 aliphatic heterocycles. The van der Waals surface area contributed by atoms with Crippen LogP contribution in [0.2, 0.25) is 0 Å². The van der Waals surface area contributed by atoms with Crippen molar-refractivity contribution in [3.8, 4) is 11.4 Å². The van der Waals surface area contributed by atoms with Gasteiger partial charge in [-0.3, -0.25) is 14.9 Å². The molecule has 0 saturated heterocycles. The van der Waals surface area contributed by atoms with Gasteiger partial charge >= 0.3 is 5.00 Å². The lowest BCUT2D eigenvalue weighted by molar-refractivity contribution is -0.380. The van der Waals surface area contributed by atoms with Crippen LogP contribution in [0.25, 0.3) is 11.4 Å². The maximum absolute atomic E-state index is 11.9. The Morgan fingerprint density at radius 3 is 2.79 bits per heavy atom. The van der Waals surface area contributed by atoms with E-state index in [1.807, 2.05) is 35.9 Å². The first-order valence-electron chi connectivity index (χ1n) is 7.78. The number of rotatable bonds is 7. The zero-order valence-electron chi connectivity index (χ0n) is 14.4. The van der Waals surface area contributed by atoms with E-state index in [4.69, 9.17) is 0 Å². The van der Waals surface area contributed by atoms with E-state index in [0.29, 0.717) is 15.9 Å². The number of thioether (sulfide) groups is 1. The van der Waals surface area contributed by atoms with Crippen LogP contribution in [-0.4, -0.2) is 37.6 Å². The van der Waals surface area contributed by atoms with E-state index in [9.17, 15) is 14.9 Å². The number of thiophene rings is 1. The van der Waals surface area contributed by atoms with Crippen LogP contribution in [0.1, 0.15) is 4.88 Å². The Hall–Kier alpha value is -2.57. The van der Waals surface area contributed by atoms with Crippen molar-refractivity contribution >= 4 is 56.2 Å². The monoisotopic (exact) mass is 480 g/mol. The molecule has 0 unspecified atom stereocenters. The fourth-order valence-electron chi connectivity index (χ4n) is 2.13. The summed E-state index contributed by atoms with van der Waals surface area (Å²) < 4.78 is 2.79. The maximum Gasteiger partial charge on any atom is 0.324 e. The highest BCUT2D eigenvalue weighted by Gasteiger charge is 2.13. The highest BCUT2D eigenvalue weighted by molar-refractivity contribution is 9.10. The summed E-state index contributed by atoms with van der Waals surface area (Å²) >= 11 is 5.61. The average Bonchev–Trinajstić information content (AvgIpc) is 3.28. The second-order valence-electron chi connectivity index (χ2n) is 5.39. The lowest BCUT2D eigenvalue weighted by atomic mass is 10.2. The molecule has 0 bridgehead atoms. The van der Waals surface area contributed by atoms with Gasteiger partial charge in [-0.05, 0) is 18.2 Å². The van der Waals surface area contributed by atoms with E-state index < -0.39 is 4.92 Å². The summed E-state index contributed by atoms with van der Waals surface area (Å²) in [5, 5.41) is 23.4. The van der Waals surface area contributed by atoms with Crippen LogP contribution in [0.15, 0.2) is 51.1 Å². The Balaban J connectivity index is 1.54. The molecule has 28 heavy (non-hydrogen) atoms. The standard InChI is InChI=1S/C16H13BrN6O3S2/c1-22-15(10-2-4-11(17)5-3-10)20-21-16(22)27-9-13(24)19-18-8-12-6-7-14(28-12)23(25)26/h2-8H,9H2,1H3,(H,19,24)/b18-8-. The zero-order valence-corrected chi connectivity index (χ0v) is 17.6. The molecule has 0 radical (unpaired) electrons. The lowest BCUT2D eigenvalue weighted by Gasteiger charge is -2.03. The molecule has 1 aromatic carbocycles. The number of nitrogens with zero attached hydrogens (tertiary/aromatic N) is 5. The first kappa shape index (κ1) is 20.2. The topological polar surface area (TPSA) is 115 Å². The first-order chi connectivity index (χ1) is 13.4. The van der Waals surface area contributed by atoms with Gasteiger partial charge in [0.25, 0.3) is 5.91 Å². The van der Waals surface area contributed by atoms with Gasteiger partial charge in [0, 0.05) is 23.2 Å². The Kier molecular flexibility index (Phi) is 6.54. The van der Waals surface area contributed by atoms with Crippen LogP contribution >= 0.6 is 39.0 Å². The summed E-state index contributed by atoms with van der Waals surface area (Å²) in [6, 6.07) is 10.7. The summed E-state index contributed by atoms with van der Waals surface area (Å²) in [5.41, 5.74) is 3.31. The summed E-state index contributed by atoms with van der Waals surface area (Å²) in [4.78, 5) is 22.7. The van der Waals surface area contributed by atoms with Gasteiger partial charge in [0.2, 0.25) is 0 Å². The molecule has 0 fully saturated rings. The van der Waals surface area contributed by atoms with Crippen molar-refractivity contribution in [2.75, 3.05) is 5.75 Å². The Labute approximate surface area is 176 Å². The van der Waals surface area contributed by atoms with Crippen LogP contribution in [0.4, 0.5) is 5.00 Å². The summed E-state index contributed by atoms with van der Waals surface area (Å²) in [5.74, 6) is 0.488. The van der Waals surface area contributed by atoms with Crippen molar-refractivity contribution in [2.45, 2.75) is 5.16 Å². The number of hydrazone groups is 1. The third-order valence-electron chi connectivity index (χ3n) is 3.44. The Bertz CT molecular complexity index is 1030. The van der Waals surface area contributed by atoms with Crippen LogP contribution in [0.3, 0.4) is 0 Å². The number of nitrogens with one attached hydrogen (secondary N) is 1. The molecule has 1 amide bonds. The minimum absolute atomic E-state index is 0.0205. The number of hydrogen-bond donors (Lipinski definition) is 1.